The van der Waals surface area contributed by atoms with E-state index < -0.39 is 0 Å². The summed E-state index contributed by atoms with van der Waals surface area (Å²) in [6.07, 6.45) is 5.63. The number of hydrogen-bond acceptors (Lipinski definition) is 4. The molecule has 0 saturated carbocycles. The number of para-hydroxylation sites is 2. The third-order valence-corrected chi connectivity index (χ3v) is 6.80. The fourth-order valence-electron chi connectivity index (χ4n) is 5.50. The number of carbonyl (C=O) groups excluding carboxylic acids is 1. The lowest BCUT2D eigenvalue weighted by atomic mass is 9.85. The topological polar surface area (TPSA) is 51.7 Å². The molecule has 2 bridgehead atoms. The van der Waals surface area contributed by atoms with Crippen LogP contribution in [0.4, 0.5) is 0 Å². The lowest BCUT2D eigenvalue weighted by molar-refractivity contribution is -0.138. The first-order valence-corrected chi connectivity index (χ1v) is 11.0. The molecular formula is C26H24N2O3. The lowest BCUT2D eigenvalue weighted by Crippen LogP contribution is -2.51. The summed E-state index contributed by atoms with van der Waals surface area (Å²) in [5.74, 6) is 2.09. The van der Waals surface area contributed by atoms with Crippen LogP contribution in [0.15, 0.2) is 72.9 Å². The second kappa shape index (κ2) is 7.41. The Labute approximate surface area is 181 Å². The summed E-state index contributed by atoms with van der Waals surface area (Å²) in [6.45, 7) is 0. The number of benzene rings is 2. The molecule has 0 aliphatic carbocycles. The zero-order chi connectivity index (χ0) is 20.8. The molecule has 0 N–H and O–H groups in total. The van der Waals surface area contributed by atoms with Gasteiger partial charge in [-0.05, 0) is 31.0 Å². The Bertz CT molecular complexity index is 1060. The van der Waals surface area contributed by atoms with E-state index in [0.717, 1.165) is 48.3 Å². The summed E-state index contributed by atoms with van der Waals surface area (Å²) in [6, 6.07) is 22.0. The van der Waals surface area contributed by atoms with Crippen molar-refractivity contribution >= 4 is 5.91 Å². The number of rotatable bonds is 3. The summed E-state index contributed by atoms with van der Waals surface area (Å²) in [7, 11) is 0. The molecule has 2 fully saturated rings. The van der Waals surface area contributed by atoms with E-state index in [-0.39, 0.29) is 30.0 Å². The molecule has 0 spiro atoms. The monoisotopic (exact) mass is 412 g/mol. The number of ether oxygens (including phenoxy) is 2. The van der Waals surface area contributed by atoms with Gasteiger partial charge in [-0.1, -0.05) is 42.5 Å². The lowest BCUT2D eigenvalue weighted by Gasteiger charge is -2.41. The number of fused-ring (bicyclic) bond motifs is 4. The Balaban J connectivity index is 1.29. The summed E-state index contributed by atoms with van der Waals surface area (Å²) >= 11 is 0. The molecular weight excluding hydrogens is 388 g/mol. The summed E-state index contributed by atoms with van der Waals surface area (Å²) in [5, 5.41) is 0. The fourth-order valence-corrected chi connectivity index (χ4v) is 5.50. The highest BCUT2D eigenvalue weighted by Crippen LogP contribution is 2.47. The van der Waals surface area contributed by atoms with Gasteiger partial charge in [-0.2, -0.15) is 0 Å². The van der Waals surface area contributed by atoms with Crippen LogP contribution < -0.4 is 9.47 Å². The van der Waals surface area contributed by atoms with Gasteiger partial charge in [0.05, 0.1) is 5.92 Å². The Morgan fingerprint density at radius 3 is 2.10 bits per heavy atom. The van der Waals surface area contributed by atoms with Gasteiger partial charge in [-0.25, -0.2) is 4.98 Å². The van der Waals surface area contributed by atoms with Crippen LogP contribution in [0, 0.1) is 0 Å². The molecule has 5 heteroatoms. The Hall–Kier alpha value is -3.34. The van der Waals surface area contributed by atoms with Crippen molar-refractivity contribution in [3.8, 4) is 17.4 Å². The van der Waals surface area contributed by atoms with E-state index in [1.807, 2.05) is 66.7 Å². The maximum Gasteiger partial charge on any atom is 0.235 e. The van der Waals surface area contributed by atoms with Gasteiger partial charge >= 0.3 is 0 Å². The van der Waals surface area contributed by atoms with Crippen molar-refractivity contribution in [3.63, 3.8) is 0 Å². The molecule has 1 aromatic heterocycles. The van der Waals surface area contributed by atoms with Crippen molar-refractivity contribution in [2.45, 2.75) is 49.8 Å². The first-order valence-electron chi connectivity index (χ1n) is 11.0. The maximum absolute atomic E-state index is 14.0. The van der Waals surface area contributed by atoms with E-state index in [9.17, 15) is 4.79 Å². The maximum atomic E-state index is 14.0. The van der Waals surface area contributed by atoms with E-state index in [1.165, 1.54) is 0 Å². The second-order valence-corrected chi connectivity index (χ2v) is 8.62. The number of hydrogen-bond donors (Lipinski definition) is 0. The van der Waals surface area contributed by atoms with Crippen LogP contribution in [0.3, 0.4) is 0 Å². The van der Waals surface area contributed by atoms with Crippen molar-refractivity contribution in [1.82, 2.24) is 9.88 Å². The van der Waals surface area contributed by atoms with Crippen LogP contribution in [0.5, 0.6) is 17.4 Å². The van der Waals surface area contributed by atoms with Crippen LogP contribution in [0.2, 0.25) is 0 Å². The standard InChI is InChI=1S/C26H24N2O3/c29-26(25-20-7-1-3-9-22(20)31-23-10-4-2-8-21(23)25)28-17-12-13-18(28)16-19(15-17)30-24-11-5-6-14-27-24/h1-11,14,17-19,25H,12-13,15-16H2. The quantitative estimate of drug-likeness (QED) is 0.613. The van der Waals surface area contributed by atoms with Gasteiger partial charge < -0.3 is 14.4 Å². The summed E-state index contributed by atoms with van der Waals surface area (Å²) in [4.78, 5) is 20.5. The number of pyridine rings is 1. The van der Waals surface area contributed by atoms with Crippen molar-refractivity contribution in [2.75, 3.05) is 0 Å². The van der Waals surface area contributed by atoms with Crippen molar-refractivity contribution < 1.29 is 14.3 Å². The Morgan fingerprint density at radius 1 is 0.871 bits per heavy atom. The molecule has 31 heavy (non-hydrogen) atoms. The number of aromatic nitrogens is 1. The average molecular weight is 412 g/mol. The van der Waals surface area contributed by atoms with Crippen LogP contribution in [0.1, 0.15) is 42.7 Å². The number of piperidine rings is 1. The first-order chi connectivity index (χ1) is 15.3. The van der Waals surface area contributed by atoms with Gasteiger partial charge in [0.15, 0.2) is 0 Å². The summed E-state index contributed by atoms with van der Waals surface area (Å²) < 4.78 is 12.3. The molecule has 1 amide bonds. The molecule has 4 heterocycles. The smallest absolute Gasteiger partial charge is 0.235 e. The number of carbonyl (C=O) groups is 1. The molecule has 2 unspecified atom stereocenters. The minimum atomic E-state index is -0.322. The highest BCUT2D eigenvalue weighted by Gasteiger charge is 2.47. The third kappa shape index (κ3) is 3.16. The molecule has 156 valence electrons. The van der Waals surface area contributed by atoms with Crippen LogP contribution >= 0.6 is 0 Å². The van der Waals surface area contributed by atoms with Gasteiger partial charge in [-0.15, -0.1) is 0 Å². The van der Waals surface area contributed by atoms with Gasteiger partial charge in [0, 0.05) is 48.3 Å². The van der Waals surface area contributed by atoms with Gasteiger partial charge in [-0.3, -0.25) is 4.79 Å². The Morgan fingerprint density at radius 2 is 1.48 bits per heavy atom. The van der Waals surface area contributed by atoms with E-state index in [4.69, 9.17) is 9.47 Å². The van der Waals surface area contributed by atoms with Gasteiger partial charge in [0.2, 0.25) is 11.8 Å². The predicted octanol–water partition coefficient (Wildman–Crippen LogP) is 4.92. The zero-order valence-electron chi connectivity index (χ0n) is 17.2. The molecule has 3 aromatic rings. The van der Waals surface area contributed by atoms with Crippen LogP contribution in [0.25, 0.3) is 0 Å². The minimum absolute atomic E-state index is 0.103. The Kier molecular flexibility index (Phi) is 4.41. The van der Waals surface area contributed by atoms with E-state index in [2.05, 4.69) is 9.88 Å². The van der Waals surface area contributed by atoms with Crippen molar-refractivity contribution in [2.24, 2.45) is 0 Å². The average Bonchev–Trinajstić information content (AvgIpc) is 3.08. The predicted molar refractivity (Wildman–Crippen MR) is 116 cm³/mol. The normalized spacial score (nSPS) is 24.1. The van der Waals surface area contributed by atoms with Crippen molar-refractivity contribution in [1.29, 1.82) is 0 Å². The highest BCUT2D eigenvalue weighted by molar-refractivity contribution is 5.90. The molecule has 2 aromatic carbocycles. The fraction of sp³-hybridized carbons (Fsp3) is 0.308. The van der Waals surface area contributed by atoms with Gasteiger partial charge in [0.25, 0.3) is 0 Å². The molecule has 3 aliphatic heterocycles. The molecule has 3 aliphatic rings. The van der Waals surface area contributed by atoms with Gasteiger partial charge in [0.1, 0.15) is 17.6 Å². The number of amides is 1. The van der Waals surface area contributed by atoms with E-state index in [0.29, 0.717) is 5.88 Å². The van der Waals surface area contributed by atoms with E-state index in [1.54, 1.807) is 6.20 Å². The highest BCUT2D eigenvalue weighted by atomic mass is 16.5. The zero-order valence-corrected chi connectivity index (χ0v) is 17.2. The van der Waals surface area contributed by atoms with Crippen LogP contribution in [-0.2, 0) is 4.79 Å². The molecule has 2 saturated heterocycles. The third-order valence-electron chi connectivity index (χ3n) is 6.80. The second-order valence-electron chi connectivity index (χ2n) is 8.62. The minimum Gasteiger partial charge on any atom is -0.474 e. The van der Waals surface area contributed by atoms with Crippen LogP contribution in [-0.4, -0.2) is 34.0 Å². The SMILES string of the molecule is O=C(C1c2ccccc2Oc2ccccc21)N1C2CCC1CC(Oc1ccccn1)C2. The molecule has 6 rings (SSSR count). The molecule has 5 nitrogen and oxygen atoms in total. The number of nitrogens with zero attached hydrogens (tertiary/aromatic N) is 2. The summed E-state index contributed by atoms with van der Waals surface area (Å²) in [5.41, 5.74) is 1.91. The largest absolute Gasteiger partial charge is 0.474 e. The molecule has 2 atom stereocenters. The van der Waals surface area contributed by atoms with E-state index >= 15 is 0 Å². The first kappa shape index (κ1) is 18.4. The molecule has 0 radical (unpaired) electrons. The van der Waals surface area contributed by atoms with Crippen molar-refractivity contribution in [3.05, 3.63) is 84.1 Å².